The van der Waals surface area contributed by atoms with Crippen LogP contribution < -0.4 is 5.14 Å². The second kappa shape index (κ2) is 5.77. The number of sulfonamides is 1. The smallest absolute Gasteiger partial charge is 0.225 e. The molecule has 2 atom stereocenters. The van der Waals surface area contributed by atoms with Crippen LogP contribution in [-0.2, 0) is 16.4 Å². The van der Waals surface area contributed by atoms with Crippen LogP contribution in [0.25, 0.3) is 0 Å². The SMILES string of the molecule is CC1(C)[C@H](CCc2ccccc2)[C@H]1c1ccc(S(N)(=O)=O)cc1. The zero-order valence-electron chi connectivity index (χ0n) is 13.6. The summed E-state index contributed by atoms with van der Waals surface area (Å²) in [6.45, 7) is 4.59. The molecule has 1 aliphatic carbocycles. The maximum absolute atomic E-state index is 11.4. The minimum absolute atomic E-state index is 0.181. The summed E-state index contributed by atoms with van der Waals surface area (Å²) in [5, 5.41) is 5.16. The molecule has 3 rings (SSSR count). The molecule has 1 aliphatic rings. The summed E-state index contributed by atoms with van der Waals surface area (Å²) in [4.78, 5) is 0.181. The summed E-state index contributed by atoms with van der Waals surface area (Å²) in [5.41, 5.74) is 2.84. The van der Waals surface area contributed by atoms with Gasteiger partial charge in [-0.15, -0.1) is 0 Å². The normalized spacial score (nSPS) is 22.7. The lowest BCUT2D eigenvalue weighted by atomic mass is 10.0. The standard InChI is InChI=1S/C19H23NO2S/c1-19(2)17(13-8-14-6-4-3-5-7-14)18(19)15-9-11-16(12-10-15)23(20,21)22/h3-7,9-12,17-18H,8,13H2,1-2H3,(H2,20,21,22)/t17-,18-/m1/s1. The summed E-state index contributed by atoms with van der Waals surface area (Å²) in [5.74, 6) is 1.11. The Morgan fingerprint density at radius 1 is 1.00 bits per heavy atom. The van der Waals surface area contributed by atoms with E-state index in [1.54, 1.807) is 12.1 Å². The van der Waals surface area contributed by atoms with Gasteiger partial charge in [0.05, 0.1) is 4.90 Å². The zero-order chi connectivity index (χ0) is 16.7. The van der Waals surface area contributed by atoms with Crippen molar-refractivity contribution in [3.63, 3.8) is 0 Å². The molecule has 0 heterocycles. The minimum Gasteiger partial charge on any atom is -0.225 e. The molecule has 3 nitrogen and oxygen atoms in total. The fourth-order valence-electron chi connectivity index (χ4n) is 3.78. The third-order valence-corrected chi connectivity index (χ3v) is 6.13. The molecule has 23 heavy (non-hydrogen) atoms. The van der Waals surface area contributed by atoms with E-state index in [2.05, 4.69) is 38.1 Å². The van der Waals surface area contributed by atoms with Crippen LogP contribution in [0.1, 0.15) is 37.3 Å². The molecule has 0 amide bonds. The van der Waals surface area contributed by atoms with E-state index in [1.165, 1.54) is 11.1 Å². The third kappa shape index (κ3) is 3.33. The van der Waals surface area contributed by atoms with Gasteiger partial charge in [-0.3, -0.25) is 0 Å². The lowest BCUT2D eigenvalue weighted by molar-refractivity contribution is 0.530. The Bertz CT molecular complexity index is 780. The van der Waals surface area contributed by atoms with Crippen LogP contribution in [0.5, 0.6) is 0 Å². The van der Waals surface area contributed by atoms with Crippen LogP contribution in [0, 0.1) is 11.3 Å². The van der Waals surface area contributed by atoms with Crippen molar-refractivity contribution in [1.29, 1.82) is 0 Å². The first-order valence-corrected chi connectivity index (χ1v) is 9.51. The van der Waals surface area contributed by atoms with Crippen molar-refractivity contribution in [3.8, 4) is 0 Å². The predicted molar refractivity (Wildman–Crippen MR) is 92.6 cm³/mol. The number of hydrogen-bond acceptors (Lipinski definition) is 2. The van der Waals surface area contributed by atoms with E-state index < -0.39 is 10.0 Å². The Hall–Kier alpha value is -1.65. The van der Waals surface area contributed by atoms with Crippen molar-refractivity contribution in [1.82, 2.24) is 0 Å². The molecule has 2 N–H and O–H groups in total. The maximum Gasteiger partial charge on any atom is 0.238 e. The largest absolute Gasteiger partial charge is 0.238 e. The highest BCUT2D eigenvalue weighted by molar-refractivity contribution is 7.89. The van der Waals surface area contributed by atoms with Crippen molar-refractivity contribution < 1.29 is 8.42 Å². The predicted octanol–water partition coefficient (Wildman–Crippen LogP) is 3.71. The van der Waals surface area contributed by atoms with Gasteiger partial charge in [0.25, 0.3) is 0 Å². The first-order valence-electron chi connectivity index (χ1n) is 7.97. The van der Waals surface area contributed by atoms with Crippen LogP contribution in [-0.4, -0.2) is 8.42 Å². The van der Waals surface area contributed by atoms with Crippen LogP contribution in [0.2, 0.25) is 0 Å². The van der Waals surface area contributed by atoms with E-state index in [9.17, 15) is 8.42 Å². The van der Waals surface area contributed by atoms with Crippen molar-refractivity contribution in [2.24, 2.45) is 16.5 Å². The van der Waals surface area contributed by atoms with Crippen molar-refractivity contribution >= 4 is 10.0 Å². The average Bonchev–Trinajstić information content (AvgIpc) is 3.06. The van der Waals surface area contributed by atoms with E-state index in [0.29, 0.717) is 11.8 Å². The van der Waals surface area contributed by atoms with Gasteiger partial charge in [0.1, 0.15) is 0 Å². The Labute approximate surface area is 138 Å². The van der Waals surface area contributed by atoms with Gasteiger partial charge in [0.2, 0.25) is 10.0 Å². The first kappa shape index (κ1) is 16.2. The fraction of sp³-hybridized carbons (Fsp3) is 0.368. The molecular weight excluding hydrogens is 306 g/mol. The molecule has 0 spiro atoms. The second-order valence-electron chi connectivity index (χ2n) is 7.04. The van der Waals surface area contributed by atoms with Crippen LogP contribution >= 0.6 is 0 Å². The van der Waals surface area contributed by atoms with Gasteiger partial charge in [0.15, 0.2) is 0 Å². The van der Waals surface area contributed by atoms with E-state index in [0.717, 1.165) is 12.8 Å². The third-order valence-electron chi connectivity index (χ3n) is 5.21. The Morgan fingerprint density at radius 3 is 2.17 bits per heavy atom. The molecule has 0 unspecified atom stereocenters. The quantitative estimate of drug-likeness (QED) is 0.909. The molecule has 0 bridgehead atoms. The highest BCUT2D eigenvalue weighted by Crippen LogP contribution is 2.66. The number of primary sulfonamides is 1. The monoisotopic (exact) mass is 329 g/mol. The highest BCUT2D eigenvalue weighted by Gasteiger charge is 2.57. The van der Waals surface area contributed by atoms with Gasteiger partial charge in [-0.2, -0.15) is 0 Å². The van der Waals surface area contributed by atoms with E-state index >= 15 is 0 Å². The van der Waals surface area contributed by atoms with Crippen molar-refractivity contribution in [3.05, 3.63) is 65.7 Å². The van der Waals surface area contributed by atoms with Crippen LogP contribution in [0.15, 0.2) is 59.5 Å². The van der Waals surface area contributed by atoms with E-state index in [1.807, 2.05) is 18.2 Å². The van der Waals surface area contributed by atoms with Crippen LogP contribution in [0.4, 0.5) is 0 Å². The molecule has 0 saturated heterocycles. The Balaban J connectivity index is 1.71. The minimum atomic E-state index is -3.61. The van der Waals surface area contributed by atoms with E-state index in [-0.39, 0.29) is 10.3 Å². The number of aryl methyl sites for hydroxylation is 1. The van der Waals surface area contributed by atoms with Crippen molar-refractivity contribution in [2.45, 2.75) is 37.5 Å². The van der Waals surface area contributed by atoms with Gasteiger partial charge >= 0.3 is 0 Å². The molecule has 0 radical (unpaired) electrons. The van der Waals surface area contributed by atoms with Gasteiger partial charge in [-0.05, 0) is 53.4 Å². The number of rotatable bonds is 5. The number of nitrogens with two attached hydrogens (primary N) is 1. The molecular formula is C19H23NO2S. The summed E-state index contributed by atoms with van der Waals surface area (Å²) in [6, 6.07) is 17.6. The molecule has 2 aromatic carbocycles. The molecule has 4 heteroatoms. The maximum atomic E-state index is 11.4. The van der Waals surface area contributed by atoms with Gasteiger partial charge in [-0.25, -0.2) is 13.6 Å². The molecule has 1 saturated carbocycles. The zero-order valence-corrected chi connectivity index (χ0v) is 14.4. The Morgan fingerprint density at radius 2 is 1.61 bits per heavy atom. The lowest BCUT2D eigenvalue weighted by Gasteiger charge is -2.04. The number of hydrogen-bond donors (Lipinski definition) is 1. The average molecular weight is 329 g/mol. The summed E-state index contributed by atoms with van der Waals surface area (Å²) in [7, 11) is -3.61. The van der Waals surface area contributed by atoms with E-state index in [4.69, 9.17) is 5.14 Å². The molecule has 2 aromatic rings. The summed E-state index contributed by atoms with van der Waals surface area (Å²) < 4.78 is 22.7. The summed E-state index contributed by atoms with van der Waals surface area (Å²) in [6.07, 6.45) is 2.24. The molecule has 1 fully saturated rings. The second-order valence-corrected chi connectivity index (χ2v) is 8.61. The van der Waals surface area contributed by atoms with Gasteiger partial charge < -0.3 is 0 Å². The Kier molecular flexibility index (Phi) is 4.07. The summed E-state index contributed by atoms with van der Waals surface area (Å²) >= 11 is 0. The molecule has 0 aromatic heterocycles. The van der Waals surface area contributed by atoms with Crippen molar-refractivity contribution in [2.75, 3.05) is 0 Å². The lowest BCUT2D eigenvalue weighted by Crippen LogP contribution is -2.11. The van der Waals surface area contributed by atoms with Gasteiger partial charge in [-0.1, -0.05) is 56.3 Å². The highest BCUT2D eigenvalue weighted by atomic mass is 32.2. The van der Waals surface area contributed by atoms with Crippen LogP contribution in [0.3, 0.4) is 0 Å². The topological polar surface area (TPSA) is 60.2 Å². The molecule has 0 aliphatic heterocycles. The fourth-order valence-corrected chi connectivity index (χ4v) is 4.29. The van der Waals surface area contributed by atoms with Gasteiger partial charge in [0, 0.05) is 0 Å². The first-order chi connectivity index (χ1) is 10.8. The number of benzene rings is 2. The molecule has 122 valence electrons.